The van der Waals surface area contributed by atoms with Crippen molar-refractivity contribution in [3.05, 3.63) is 60.2 Å². The Balaban J connectivity index is 1.83. The van der Waals surface area contributed by atoms with E-state index in [-0.39, 0.29) is 24.2 Å². The molecule has 0 saturated heterocycles. The van der Waals surface area contributed by atoms with Crippen molar-refractivity contribution in [3.63, 3.8) is 0 Å². The number of anilines is 1. The van der Waals surface area contributed by atoms with E-state index in [9.17, 15) is 18.6 Å². The lowest BCUT2D eigenvalue weighted by molar-refractivity contribution is -0.0324. The van der Waals surface area contributed by atoms with Gasteiger partial charge in [-0.15, -0.1) is 10.2 Å². The van der Waals surface area contributed by atoms with E-state index < -0.39 is 34.1 Å². The molecule has 15 nitrogen and oxygen atoms in total. The van der Waals surface area contributed by atoms with Gasteiger partial charge in [0.25, 0.3) is 0 Å². The minimum atomic E-state index is -4.33. The van der Waals surface area contributed by atoms with E-state index in [1.165, 1.54) is 45.2 Å². The minimum Gasteiger partial charge on any atom is -0.494 e. The second kappa shape index (κ2) is 13.7. The third-order valence-electron chi connectivity index (χ3n) is 6.33. The maximum Gasteiger partial charge on any atom is 0.243 e. The summed E-state index contributed by atoms with van der Waals surface area (Å²) in [5, 5.41) is 26.2. The van der Waals surface area contributed by atoms with Crippen molar-refractivity contribution in [2.45, 2.75) is 31.3 Å². The molecule has 0 aliphatic rings. The Labute approximate surface area is 248 Å². The predicted octanol–water partition coefficient (Wildman–Crippen LogP) is 1.69. The number of aliphatic hydroxyl groups is 2. The van der Waals surface area contributed by atoms with Gasteiger partial charge in [-0.25, -0.2) is 23.4 Å². The number of rotatable bonds is 14. The number of hydrogen-bond donors (Lipinski definition) is 3. The molecule has 3 aromatic heterocycles. The average Bonchev–Trinajstić information content (AvgIpc) is 3.43. The third kappa shape index (κ3) is 6.99. The highest BCUT2D eigenvalue weighted by Crippen LogP contribution is 2.38. The number of methoxy groups -OCH3 is 3. The van der Waals surface area contributed by atoms with Crippen molar-refractivity contribution < 1.29 is 37.6 Å². The Hall–Kier alpha value is -4.38. The van der Waals surface area contributed by atoms with Gasteiger partial charge in [-0.1, -0.05) is 12.1 Å². The molecule has 0 bridgehead atoms. The molecule has 16 heteroatoms. The highest BCUT2D eigenvalue weighted by Gasteiger charge is 2.36. The Kier molecular flexibility index (Phi) is 10.1. The average molecular weight is 616 g/mol. The van der Waals surface area contributed by atoms with Gasteiger partial charge in [0.05, 0.1) is 34.5 Å². The molecule has 4 rings (SSSR count). The topological polar surface area (TPSA) is 193 Å². The summed E-state index contributed by atoms with van der Waals surface area (Å²) in [7, 11) is 0.0644. The quantitative estimate of drug-likeness (QED) is 0.186. The van der Waals surface area contributed by atoms with Crippen LogP contribution in [0.5, 0.6) is 17.4 Å². The van der Waals surface area contributed by atoms with Crippen LogP contribution in [-0.2, 0) is 14.8 Å². The summed E-state index contributed by atoms with van der Waals surface area (Å²) in [6.07, 6.45) is 0.573. The molecule has 1 aromatic carbocycles. The number of ether oxygens (including phenoxy) is 4. The van der Waals surface area contributed by atoms with Gasteiger partial charge in [0.1, 0.15) is 40.3 Å². The molecule has 43 heavy (non-hydrogen) atoms. The van der Waals surface area contributed by atoms with Crippen LogP contribution in [0.2, 0.25) is 0 Å². The Morgan fingerprint density at radius 3 is 2.23 bits per heavy atom. The van der Waals surface area contributed by atoms with E-state index in [1.54, 1.807) is 43.3 Å². The first-order valence-electron chi connectivity index (χ1n) is 13.0. The van der Waals surface area contributed by atoms with Gasteiger partial charge in [0, 0.05) is 18.5 Å². The second-order valence-corrected chi connectivity index (χ2v) is 11.4. The van der Waals surface area contributed by atoms with Crippen molar-refractivity contribution in [1.29, 1.82) is 0 Å². The van der Waals surface area contributed by atoms with Gasteiger partial charge in [-0.2, -0.15) is 0 Å². The molecule has 0 fully saturated rings. The monoisotopic (exact) mass is 615 g/mol. The standard InChI is InChI=1S/C27H33N7O8S/c1-16-12-28-25(29-13-16)24(42-15-18(36)14-35)17(2)43(37,38)33-27-32-31-26(19-8-6-11-22(30-19)41-5)34(27)23-20(39-3)9-7-10-21(23)40-4/h6-13,17-18,24,35-36H,14-15H2,1-5H3,(H,32,33)/t17-,18-,24-/m1/s1. The lowest BCUT2D eigenvalue weighted by atomic mass is 10.2. The molecule has 3 N–H and O–H groups in total. The molecule has 4 aromatic rings. The molecule has 0 amide bonds. The van der Waals surface area contributed by atoms with Gasteiger partial charge >= 0.3 is 0 Å². The molecule has 0 aliphatic carbocycles. The first-order chi connectivity index (χ1) is 20.6. The van der Waals surface area contributed by atoms with Crippen LogP contribution in [0.3, 0.4) is 0 Å². The zero-order valence-electron chi connectivity index (χ0n) is 24.2. The highest BCUT2D eigenvalue weighted by atomic mass is 32.2. The first kappa shape index (κ1) is 31.6. The van der Waals surface area contributed by atoms with E-state index >= 15 is 0 Å². The molecule has 3 heterocycles. The van der Waals surface area contributed by atoms with Crippen LogP contribution < -0.4 is 18.9 Å². The van der Waals surface area contributed by atoms with Crippen molar-refractivity contribution in [3.8, 4) is 34.6 Å². The number of benzene rings is 1. The summed E-state index contributed by atoms with van der Waals surface area (Å²) < 4.78 is 53.9. The fourth-order valence-corrected chi connectivity index (χ4v) is 5.15. The van der Waals surface area contributed by atoms with Crippen molar-refractivity contribution in [2.75, 3.05) is 39.3 Å². The second-order valence-electron chi connectivity index (χ2n) is 9.32. The fourth-order valence-electron chi connectivity index (χ4n) is 4.05. The summed E-state index contributed by atoms with van der Waals surface area (Å²) in [6, 6.07) is 10.1. The lowest BCUT2D eigenvalue weighted by Gasteiger charge is -2.25. The van der Waals surface area contributed by atoms with Crippen molar-refractivity contribution in [2.24, 2.45) is 0 Å². The van der Waals surface area contributed by atoms with E-state index in [4.69, 9.17) is 18.9 Å². The van der Waals surface area contributed by atoms with Crippen LogP contribution in [-0.4, -0.2) is 94.2 Å². The zero-order valence-corrected chi connectivity index (χ0v) is 25.0. The van der Waals surface area contributed by atoms with Crippen LogP contribution >= 0.6 is 0 Å². The van der Waals surface area contributed by atoms with Crippen molar-refractivity contribution in [1.82, 2.24) is 29.7 Å². The molecule has 0 spiro atoms. The number of aliphatic hydroxyl groups excluding tert-OH is 2. The number of hydrogen-bond acceptors (Lipinski definition) is 13. The van der Waals surface area contributed by atoms with E-state index in [1.807, 2.05) is 0 Å². The molecule has 3 atom stereocenters. The van der Waals surface area contributed by atoms with E-state index in [2.05, 4.69) is 29.9 Å². The zero-order chi connectivity index (χ0) is 31.1. The summed E-state index contributed by atoms with van der Waals surface area (Å²) in [5.74, 6) is 1.01. The van der Waals surface area contributed by atoms with Gasteiger partial charge in [0.2, 0.25) is 21.9 Å². The number of pyridine rings is 1. The number of sulfonamides is 1. The summed E-state index contributed by atoms with van der Waals surface area (Å²) >= 11 is 0. The fraction of sp³-hybridized carbons (Fsp3) is 0.370. The summed E-state index contributed by atoms with van der Waals surface area (Å²) in [5.41, 5.74) is 1.39. The van der Waals surface area contributed by atoms with Gasteiger partial charge in [-0.05, 0) is 37.6 Å². The molecular weight excluding hydrogens is 582 g/mol. The Morgan fingerprint density at radius 1 is 0.977 bits per heavy atom. The van der Waals surface area contributed by atoms with Crippen LogP contribution in [0, 0.1) is 6.92 Å². The summed E-state index contributed by atoms with van der Waals surface area (Å²) in [4.78, 5) is 12.9. The molecule has 0 unspecified atom stereocenters. The van der Waals surface area contributed by atoms with E-state index in [0.717, 1.165) is 5.56 Å². The predicted molar refractivity (Wildman–Crippen MR) is 155 cm³/mol. The van der Waals surface area contributed by atoms with Gasteiger partial charge in [0.15, 0.2) is 11.6 Å². The smallest absolute Gasteiger partial charge is 0.243 e. The normalized spacial score (nSPS) is 13.7. The Morgan fingerprint density at radius 2 is 1.63 bits per heavy atom. The Bertz CT molecular complexity index is 1610. The number of nitrogens with one attached hydrogen (secondary N) is 1. The van der Waals surface area contributed by atoms with Gasteiger partial charge < -0.3 is 29.2 Å². The summed E-state index contributed by atoms with van der Waals surface area (Å²) in [6.45, 7) is 2.24. The number of aryl methyl sites for hydroxylation is 1. The number of aromatic nitrogens is 6. The third-order valence-corrected chi connectivity index (χ3v) is 8.03. The van der Waals surface area contributed by atoms with Crippen LogP contribution in [0.4, 0.5) is 5.95 Å². The first-order valence-corrected chi connectivity index (χ1v) is 14.6. The maximum atomic E-state index is 13.9. The van der Waals surface area contributed by atoms with Crippen molar-refractivity contribution >= 4 is 16.0 Å². The van der Waals surface area contributed by atoms with Gasteiger partial charge in [-0.3, -0.25) is 9.29 Å². The van der Waals surface area contributed by atoms with E-state index in [0.29, 0.717) is 28.8 Å². The minimum absolute atomic E-state index is 0.0720. The molecular formula is C27H33N7O8S. The lowest BCUT2D eigenvalue weighted by Crippen LogP contribution is -2.35. The van der Waals surface area contributed by atoms with Crippen LogP contribution in [0.1, 0.15) is 24.4 Å². The SMILES string of the molecule is COc1cccc(-c2nnc(NS(=O)(=O)[C@H](C)[C@@H](OC[C@H](O)CO)c3ncc(C)cn3)n2-c2c(OC)cccc2OC)n1. The maximum absolute atomic E-state index is 13.9. The highest BCUT2D eigenvalue weighted by molar-refractivity contribution is 7.93. The molecule has 0 radical (unpaired) electrons. The van der Waals surface area contributed by atoms with Crippen LogP contribution in [0.25, 0.3) is 17.2 Å². The number of nitrogens with zero attached hydrogens (tertiary/aromatic N) is 6. The molecule has 230 valence electrons. The van der Waals surface area contributed by atoms with Crippen LogP contribution in [0.15, 0.2) is 48.8 Å². The number of para-hydroxylation sites is 1. The largest absolute Gasteiger partial charge is 0.494 e. The molecule has 0 aliphatic heterocycles. The molecule has 0 saturated carbocycles.